The van der Waals surface area contributed by atoms with E-state index in [0.717, 1.165) is 24.1 Å². The normalized spacial score (nSPS) is 10.6. The molecule has 0 spiro atoms. The van der Waals surface area contributed by atoms with Gasteiger partial charge in [-0.2, -0.15) is 15.0 Å². The van der Waals surface area contributed by atoms with Crippen LogP contribution in [0.3, 0.4) is 0 Å². The van der Waals surface area contributed by atoms with Gasteiger partial charge in [-0.3, -0.25) is 4.79 Å². The summed E-state index contributed by atoms with van der Waals surface area (Å²) in [5, 5.41) is 5.10. The maximum absolute atomic E-state index is 11.9. The Balaban J connectivity index is 1.51. The number of aromatic nitrogens is 3. The molecule has 3 aromatic rings. The van der Waals surface area contributed by atoms with Crippen LogP contribution in [0.4, 0.5) is 17.6 Å². The number of ether oxygens (including phenoxy) is 1. The number of carbonyl (C=O) groups excluding carboxylic acids is 1. The number of anilines is 3. The molecule has 7 nitrogen and oxygen atoms in total. The fourth-order valence-corrected chi connectivity index (χ4v) is 3.15. The van der Waals surface area contributed by atoms with E-state index in [1.165, 1.54) is 4.88 Å². The average molecular weight is 383 g/mol. The van der Waals surface area contributed by atoms with E-state index in [0.29, 0.717) is 18.2 Å². The van der Waals surface area contributed by atoms with E-state index in [2.05, 4.69) is 26.3 Å². The van der Waals surface area contributed by atoms with Gasteiger partial charge < -0.3 is 15.8 Å². The van der Waals surface area contributed by atoms with Crippen LogP contribution < -0.4 is 11.1 Å². The van der Waals surface area contributed by atoms with Crippen molar-refractivity contribution in [1.29, 1.82) is 0 Å². The molecule has 8 heteroatoms. The first-order valence-electron chi connectivity index (χ1n) is 8.60. The molecular weight excluding hydrogens is 362 g/mol. The van der Waals surface area contributed by atoms with Gasteiger partial charge in [0.15, 0.2) is 12.4 Å². The molecule has 27 heavy (non-hydrogen) atoms. The van der Waals surface area contributed by atoms with E-state index in [1.54, 1.807) is 11.3 Å². The van der Waals surface area contributed by atoms with Crippen molar-refractivity contribution < 1.29 is 9.53 Å². The maximum Gasteiger partial charge on any atom is 0.306 e. The summed E-state index contributed by atoms with van der Waals surface area (Å²) in [5.41, 5.74) is 7.73. The highest BCUT2D eigenvalue weighted by Gasteiger charge is 2.09. The third-order valence-corrected chi connectivity index (χ3v) is 4.69. The van der Waals surface area contributed by atoms with Crippen LogP contribution in [0.1, 0.15) is 29.1 Å². The summed E-state index contributed by atoms with van der Waals surface area (Å²) in [5.74, 6) is 0.417. The Morgan fingerprint density at radius 2 is 2.00 bits per heavy atom. The number of nitrogen functional groups attached to an aromatic ring is 1. The van der Waals surface area contributed by atoms with Crippen LogP contribution in [0.2, 0.25) is 0 Å². The summed E-state index contributed by atoms with van der Waals surface area (Å²) in [4.78, 5) is 25.5. The molecule has 0 unspecified atom stereocenters. The molecule has 0 bridgehead atoms. The second-order valence-electron chi connectivity index (χ2n) is 6.02. The van der Waals surface area contributed by atoms with Gasteiger partial charge in [0.25, 0.3) is 0 Å². The minimum absolute atomic E-state index is 0.0346. The van der Waals surface area contributed by atoms with E-state index in [1.807, 2.05) is 42.6 Å². The van der Waals surface area contributed by atoms with Crippen molar-refractivity contribution in [3.05, 3.63) is 58.0 Å². The summed E-state index contributed by atoms with van der Waals surface area (Å²) < 4.78 is 5.25. The highest BCUT2D eigenvalue weighted by atomic mass is 32.1. The summed E-state index contributed by atoms with van der Waals surface area (Å²) in [6.45, 7) is 1.98. The van der Waals surface area contributed by atoms with Crippen molar-refractivity contribution in [2.24, 2.45) is 0 Å². The molecule has 2 aromatic heterocycles. The van der Waals surface area contributed by atoms with E-state index in [-0.39, 0.29) is 18.5 Å². The van der Waals surface area contributed by atoms with Crippen molar-refractivity contribution in [2.75, 3.05) is 11.1 Å². The van der Waals surface area contributed by atoms with Crippen LogP contribution >= 0.6 is 11.3 Å². The highest BCUT2D eigenvalue weighted by Crippen LogP contribution is 2.15. The molecule has 1 aromatic carbocycles. The minimum atomic E-state index is -0.279. The number of thiophene rings is 1. The summed E-state index contributed by atoms with van der Waals surface area (Å²) >= 11 is 1.69. The summed E-state index contributed by atoms with van der Waals surface area (Å²) in [6, 6.07) is 11.9. The maximum atomic E-state index is 11.9. The van der Waals surface area contributed by atoms with Crippen LogP contribution in [0.25, 0.3) is 0 Å². The molecule has 0 aliphatic carbocycles. The third-order valence-electron chi connectivity index (χ3n) is 3.75. The number of esters is 1. The smallest absolute Gasteiger partial charge is 0.306 e. The monoisotopic (exact) mass is 383 g/mol. The average Bonchev–Trinajstić information content (AvgIpc) is 3.15. The van der Waals surface area contributed by atoms with Gasteiger partial charge in [0, 0.05) is 17.0 Å². The number of benzene rings is 1. The molecule has 3 N–H and O–H groups in total. The quantitative estimate of drug-likeness (QED) is 0.572. The molecule has 0 atom stereocenters. The third kappa shape index (κ3) is 6.03. The van der Waals surface area contributed by atoms with Gasteiger partial charge in [0.1, 0.15) is 0 Å². The fraction of sp³-hybridized carbons (Fsp3) is 0.263. The zero-order chi connectivity index (χ0) is 19.1. The lowest BCUT2D eigenvalue weighted by molar-refractivity contribution is -0.145. The molecule has 0 amide bonds. The van der Waals surface area contributed by atoms with Crippen LogP contribution in [0, 0.1) is 6.92 Å². The van der Waals surface area contributed by atoms with Gasteiger partial charge in [-0.15, -0.1) is 11.3 Å². The Morgan fingerprint density at radius 1 is 1.19 bits per heavy atom. The Morgan fingerprint density at radius 3 is 2.74 bits per heavy atom. The Hall–Kier alpha value is -3.00. The summed E-state index contributed by atoms with van der Waals surface area (Å²) in [7, 11) is 0. The van der Waals surface area contributed by atoms with Crippen molar-refractivity contribution in [3.8, 4) is 0 Å². The zero-order valence-electron chi connectivity index (χ0n) is 15.0. The lowest BCUT2D eigenvalue weighted by atomic mass is 10.2. The number of nitrogens with two attached hydrogens (primary N) is 1. The van der Waals surface area contributed by atoms with Crippen LogP contribution in [0.5, 0.6) is 0 Å². The van der Waals surface area contributed by atoms with Gasteiger partial charge >= 0.3 is 5.97 Å². The number of nitrogens with one attached hydrogen (secondary N) is 1. The lowest BCUT2D eigenvalue weighted by Crippen LogP contribution is -2.11. The molecule has 2 heterocycles. The summed E-state index contributed by atoms with van der Waals surface area (Å²) in [6.07, 6.45) is 1.97. The van der Waals surface area contributed by atoms with Gasteiger partial charge in [0.05, 0.1) is 0 Å². The van der Waals surface area contributed by atoms with E-state index in [9.17, 15) is 4.79 Å². The Bertz CT molecular complexity index is 882. The van der Waals surface area contributed by atoms with Crippen molar-refractivity contribution in [2.45, 2.75) is 32.8 Å². The van der Waals surface area contributed by atoms with Crippen molar-refractivity contribution in [1.82, 2.24) is 15.0 Å². The van der Waals surface area contributed by atoms with Gasteiger partial charge in [-0.25, -0.2) is 0 Å². The molecule has 0 fully saturated rings. The number of hydrogen-bond acceptors (Lipinski definition) is 8. The molecule has 0 aliphatic rings. The van der Waals surface area contributed by atoms with Crippen LogP contribution in [-0.2, 0) is 22.6 Å². The topological polar surface area (TPSA) is 103 Å². The fourth-order valence-electron chi connectivity index (χ4n) is 2.40. The molecule has 0 radical (unpaired) electrons. The molecule has 3 rings (SSSR count). The van der Waals surface area contributed by atoms with Crippen LogP contribution in [-0.4, -0.2) is 20.9 Å². The predicted octanol–water partition coefficient (Wildman–Crippen LogP) is 3.63. The lowest BCUT2D eigenvalue weighted by Gasteiger charge is -2.08. The molecule has 140 valence electrons. The number of rotatable bonds is 8. The van der Waals surface area contributed by atoms with Gasteiger partial charge in [-0.05, 0) is 43.3 Å². The minimum Gasteiger partial charge on any atom is -0.457 e. The standard InChI is InChI=1S/C19H21N5O2S/c1-13-7-9-14(10-8-13)21-19-23-16(22-18(20)24-19)12-26-17(25)6-2-4-15-5-3-11-27-15/h3,5,7-11H,2,4,6,12H2,1H3,(H3,20,21,22,23,24). The largest absolute Gasteiger partial charge is 0.457 e. The van der Waals surface area contributed by atoms with Gasteiger partial charge in [-0.1, -0.05) is 23.8 Å². The van der Waals surface area contributed by atoms with Crippen LogP contribution in [0.15, 0.2) is 41.8 Å². The van der Waals surface area contributed by atoms with Crippen molar-refractivity contribution >= 4 is 34.9 Å². The first kappa shape index (κ1) is 18.8. The second kappa shape index (κ2) is 9.09. The Kier molecular flexibility index (Phi) is 6.32. The van der Waals surface area contributed by atoms with E-state index < -0.39 is 0 Å². The predicted molar refractivity (Wildman–Crippen MR) is 106 cm³/mol. The van der Waals surface area contributed by atoms with Crippen molar-refractivity contribution in [3.63, 3.8) is 0 Å². The number of carbonyl (C=O) groups is 1. The SMILES string of the molecule is Cc1ccc(Nc2nc(N)nc(COC(=O)CCCc3cccs3)n2)cc1. The first-order chi connectivity index (χ1) is 13.1. The molecule has 0 saturated heterocycles. The Labute approximate surface area is 161 Å². The molecular formula is C19H21N5O2S. The zero-order valence-corrected chi connectivity index (χ0v) is 15.8. The first-order valence-corrected chi connectivity index (χ1v) is 9.48. The highest BCUT2D eigenvalue weighted by molar-refractivity contribution is 7.09. The number of nitrogens with zero attached hydrogens (tertiary/aromatic N) is 3. The van der Waals surface area contributed by atoms with E-state index >= 15 is 0 Å². The van der Waals surface area contributed by atoms with E-state index in [4.69, 9.17) is 10.5 Å². The molecule has 0 aliphatic heterocycles. The van der Waals surface area contributed by atoms with Gasteiger partial charge in [0.2, 0.25) is 11.9 Å². The number of aryl methyl sites for hydroxylation is 2. The molecule has 0 saturated carbocycles. The number of hydrogen-bond donors (Lipinski definition) is 2. The second-order valence-corrected chi connectivity index (χ2v) is 7.05.